The Hall–Kier alpha value is 0.160. The minimum atomic E-state index is -1.37. The van der Waals surface area contributed by atoms with Gasteiger partial charge >= 0.3 is 0 Å². The van der Waals surface area contributed by atoms with Gasteiger partial charge in [-0.2, -0.15) is 0 Å². The number of hydrogen-bond acceptors (Lipinski definition) is 0. The molecule has 1 rings (SSSR count). The highest BCUT2D eigenvalue weighted by Gasteiger charge is 2.12. The summed E-state index contributed by atoms with van der Waals surface area (Å²) in [5.74, 6) is -0.318. The largest absolute Gasteiger partial charge is 0.206 e. The van der Waals surface area contributed by atoms with Gasteiger partial charge in [-0.3, -0.25) is 0 Å². The normalized spacial score (nSPS) is 10.6. The van der Waals surface area contributed by atoms with Gasteiger partial charge in [0, 0.05) is 5.30 Å². The molecule has 11 heavy (non-hydrogen) atoms. The van der Waals surface area contributed by atoms with Crippen LogP contribution in [0.25, 0.3) is 0 Å². The molecule has 0 aliphatic heterocycles. The lowest BCUT2D eigenvalue weighted by Crippen LogP contribution is -2.05. The second kappa shape index (κ2) is 3.71. The van der Waals surface area contributed by atoms with Crippen molar-refractivity contribution in [1.29, 1.82) is 0 Å². The lowest BCUT2D eigenvalue weighted by Gasteiger charge is -2.05. The Morgan fingerprint density at radius 2 is 2.00 bits per heavy atom. The van der Waals surface area contributed by atoms with Crippen molar-refractivity contribution in [3.05, 3.63) is 29.6 Å². The molecular formula is C7H6Cl2FP. The summed E-state index contributed by atoms with van der Waals surface area (Å²) in [6, 6.07) is 4.79. The van der Waals surface area contributed by atoms with Gasteiger partial charge in [-0.25, -0.2) is 4.39 Å². The molecule has 0 saturated carbocycles. The van der Waals surface area contributed by atoms with E-state index in [0.717, 1.165) is 5.56 Å². The Bertz CT molecular complexity index is 242. The van der Waals surface area contributed by atoms with Crippen LogP contribution in [-0.2, 0) is 0 Å². The summed E-state index contributed by atoms with van der Waals surface area (Å²) in [6.07, 6.45) is 0. The van der Waals surface area contributed by atoms with E-state index in [1.807, 2.05) is 0 Å². The summed E-state index contributed by atoms with van der Waals surface area (Å²) >= 11 is 11.2. The first-order valence-corrected chi connectivity index (χ1v) is 6.15. The van der Waals surface area contributed by atoms with Crippen molar-refractivity contribution in [1.82, 2.24) is 0 Å². The monoisotopic (exact) mass is 210 g/mol. The van der Waals surface area contributed by atoms with E-state index in [0.29, 0.717) is 5.30 Å². The van der Waals surface area contributed by atoms with Crippen LogP contribution in [-0.4, -0.2) is 0 Å². The molecule has 0 fully saturated rings. The van der Waals surface area contributed by atoms with Crippen LogP contribution < -0.4 is 5.30 Å². The number of benzene rings is 1. The van der Waals surface area contributed by atoms with Crippen molar-refractivity contribution in [2.45, 2.75) is 6.92 Å². The third kappa shape index (κ3) is 2.05. The zero-order valence-corrected chi connectivity index (χ0v) is 8.22. The molecule has 0 aliphatic rings. The van der Waals surface area contributed by atoms with E-state index in [2.05, 4.69) is 0 Å². The molecule has 0 aromatic heterocycles. The minimum Gasteiger partial charge on any atom is -0.206 e. The fourth-order valence-corrected chi connectivity index (χ4v) is 2.70. The van der Waals surface area contributed by atoms with Gasteiger partial charge in [0.25, 0.3) is 0 Å². The van der Waals surface area contributed by atoms with Crippen molar-refractivity contribution >= 4 is 34.4 Å². The zero-order chi connectivity index (χ0) is 8.43. The highest BCUT2D eigenvalue weighted by Crippen LogP contribution is 2.46. The number of aryl methyl sites for hydroxylation is 1. The van der Waals surface area contributed by atoms with Crippen LogP contribution >= 0.6 is 29.1 Å². The summed E-state index contributed by atoms with van der Waals surface area (Å²) in [4.78, 5) is 0. The maximum absolute atomic E-state index is 12.9. The Morgan fingerprint density at radius 1 is 1.36 bits per heavy atom. The molecule has 0 unspecified atom stereocenters. The van der Waals surface area contributed by atoms with E-state index < -0.39 is 6.63 Å². The molecule has 0 spiro atoms. The van der Waals surface area contributed by atoms with Gasteiger partial charge in [-0.1, -0.05) is 34.6 Å². The molecule has 0 bridgehead atoms. The summed E-state index contributed by atoms with van der Waals surface area (Å²) in [5.41, 5.74) is 0.807. The van der Waals surface area contributed by atoms with E-state index in [1.54, 1.807) is 19.1 Å². The van der Waals surface area contributed by atoms with Crippen molar-refractivity contribution in [3.63, 3.8) is 0 Å². The Labute approximate surface area is 75.7 Å². The fourth-order valence-electron chi connectivity index (χ4n) is 0.837. The summed E-state index contributed by atoms with van der Waals surface area (Å²) < 4.78 is 12.9. The topological polar surface area (TPSA) is 0 Å². The van der Waals surface area contributed by atoms with E-state index >= 15 is 0 Å². The molecule has 0 heterocycles. The Morgan fingerprint density at radius 3 is 2.36 bits per heavy atom. The molecule has 0 aliphatic carbocycles. The molecule has 60 valence electrons. The second-order valence-corrected chi connectivity index (χ2v) is 5.60. The molecular weight excluding hydrogens is 205 g/mol. The molecule has 0 radical (unpaired) electrons. The molecule has 1 aromatic carbocycles. The van der Waals surface area contributed by atoms with Crippen LogP contribution in [0.5, 0.6) is 0 Å². The van der Waals surface area contributed by atoms with Crippen LogP contribution in [0.15, 0.2) is 18.2 Å². The lowest BCUT2D eigenvalue weighted by atomic mass is 10.2. The summed E-state index contributed by atoms with van der Waals surface area (Å²) in [7, 11) is 0. The first-order valence-electron chi connectivity index (χ1n) is 2.99. The second-order valence-electron chi connectivity index (χ2n) is 2.14. The standard InChI is InChI=1S/C7H6Cl2FP/c1-5-3-2-4-6(10)7(5)11(8)9/h2-4H,1H3. The highest BCUT2D eigenvalue weighted by molar-refractivity contribution is 8.08. The van der Waals surface area contributed by atoms with Crippen molar-refractivity contribution in [3.8, 4) is 0 Å². The summed E-state index contributed by atoms with van der Waals surface area (Å²) in [5, 5.41) is 0.436. The Kier molecular flexibility index (Phi) is 3.12. The van der Waals surface area contributed by atoms with E-state index in [4.69, 9.17) is 22.5 Å². The molecule has 0 amide bonds. The number of hydrogen-bond donors (Lipinski definition) is 0. The predicted molar refractivity (Wildman–Crippen MR) is 49.4 cm³/mol. The van der Waals surface area contributed by atoms with Gasteiger partial charge in [0.2, 0.25) is 0 Å². The molecule has 0 nitrogen and oxygen atoms in total. The molecule has 4 heteroatoms. The van der Waals surface area contributed by atoms with Gasteiger partial charge in [0.1, 0.15) is 12.4 Å². The smallest absolute Gasteiger partial charge is 0.133 e. The zero-order valence-electron chi connectivity index (χ0n) is 5.81. The van der Waals surface area contributed by atoms with Crippen LogP contribution in [0.4, 0.5) is 4.39 Å². The highest BCUT2D eigenvalue weighted by atomic mass is 35.9. The van der Waals surface area contributed by atoms with E-state index in [-0.39, 0.29) is 5.82 Å². The molecule has 0 saturated heterocycles. The van der Waals surface area contributed by atoms with Crippen molar-refractivity contribution < 1.29 is 4.39 Å². The van der Waals surface area contributed by atoms with Crippen LogP contribution in [0, 0.1) is 12.7 Å². The average molecular weight is 211 g/mol. The van der Waals surface area contributed by atoms with Crippen LogP contribution in [0.2, 0.25) is 0 Å². The van der Waals surface area contributed by atoms with Gasteiger partial charge in [0.15, 0.2) is 0 Å². The van der Waals surface area contributed by atoms with Gasteiger partial charge < -0.3 is 0 Å². The van der Waals surface area contributed by atoms with Crippen molar-refractivity contribution in [2.75, 3.05) is 0 Å². The van der Waals surface area contributed by atoms with Gasteiger partial charge in [-0.15, -0.1) is 0 Å². The minimum absolute atomic E-state index is 0.318. The third-order valence-corrected chi connectivity index (χ3v) is 3.28. The van der Waals surface area contributed by atoms with Crippen LogP contribution in [0.1, 0.15) is 5.56 Å². The maximum Gasteiger partial charge on any atom is 0.133 e. The quantitative estimate of drug-likeness (QED) is 0.623. The van der Waals surface area contributed by atoms with E-state index in [9.17, 15) is 4.39 Å². The molecule has 0 atom stereocenters. The molecule has 0 N–H and O–H groups in total. The number of halogens is 3. The maximum atomic E-state index is 12.9. The van der Waals surface area contributed by atoms with Gasteiger partial charge in [0.05, 0.1) is 0 Å². The average Bonchev–Trinajstić information content (AvgIpc) is 1.85. The first-order chi connectivity index (χ1) is 5.13. The fraction of sp³-hybridized carbons (Fsp3) is 0.143. The predicted octanol–water partition coefficient (Wildman–Crippen LogP) is 3.55. The summed E-state index contributed by atoms with van der Waals surface area (Å²) in [6.45, 7) is 0.422. The van der Waals surface area contributed by atoms with E-state index in [1.165, 1.54) is 6.07 Å². The Balaban J connectivity index is 3.21. The SMILES string of the molecule is Cc1cccc(F)c1P(Cl)Cl. The van der Waals surface area contributed by atoms with Crippen molar-refractivity contribution in [2.24, 2.45) is 0 Å². The lowest BCUT2D eigenvalue weighted by molar-refractivity contribution is 0.635. The third-order valence-electron chi connectivity index (χ3n) is 1.36. The molecule has 1 aromatic rings. The van der Waals surface area contributed by atoms with Crippen LogP contribution in [0.3, 0.4) is 0 Å². The van der Waals surface area contributed by atoms with Gasteiger partial charge in [-0.05, 0) is 18.6 Å². The number of rotatable bonds is 1. The first kappa shape index (κ1) is 9.25.